The number of hydrogen-bond donors (Lipinski definition) is 0. The van der Waals surface area contributed by atoms with Crippen LogP contribution in [-0.2, 0) is 17.8 Å². The van der Waals surface area contributed by atoms with Gasteiger partial charge in [0.25, 0.3) is 5.56 Å². The topological polar surface area (TPSA) is 55.2 Å². The Bertz CT molecular complexity index is 1050. The van der Waals surface area contributed by atoms with Crippen LogP contribution >= 0.6 is 0 Å². The molecule has 1 aliphatic rings. The molecule has 0 aliphatic carbocycles. The van der Waals surface area contributed by atoms with Gasteiger partial charge in [0.2, 0.25) is 5.91 Å². The van der Waals surface area contributed by atoms with E-state index in [9.17, 15) is 14.0 Å². The maximum atomic E-state index is 13.5. The van der Waals surface area contributed by atoms with Gasteiger partial charge in [-0.05, 0) is 42.7 Å². The van der Waals surface area contributed by atoms with Gasteiger partial charge in [0, 0.05) is 23.9 Å². The van der Waals surface area contributed by atoms with Crippen molar-refractivity contribution in [3.05, 3.63) is 82.4 Å². The highest BCUT2D eigenvalue weighted by Gasteiger charge is 2.23. The first kappa shape index (κ1) is 17.1. The van der Waals surface area contributed by atoms with Gasteiger partial charge < -0.3 is 4.90 Å². The van der Waals surface area contributed by atoms with Crippen LogP contribution in [0.5, 0.6) is 0 Å². The number of aromatic nitrogens is 2. The van der Waals surface area contributed by atoms with E-state index in [4.69, 9.17) is 0 Å². The molecule has 1 aliphatic heterocycles. The minimum Gasteiger partial charge on any atom is -0.311 e. The van der Waals surface area contributed by atoms with Crippen LogP contribution in [0.1, 0.15) is 12.0 Å². The van der Waals surface area contributed by atoms with Crippen molar-refractivity contribution in [2.75, 3.05) is 11.4 Å². The SMILES string of the molecule is O=C(Cn1nc(-c2ccccc2)ccc1=O)N1CCCc2cc(F)ccc21. The van der Waals surface area contributed by atoms with Crippen molar-refractivity contribution < 1.29 is 9.18 Å². The van der Waals surface area contributed by atoms with Crippen molar-refractivity contribution in [1.82, 2.24) is 9.78 Å². The quantitative estimate of drug-likeness (QED) is 0.719. The Morgan fingerprint density at radius 1 is 1.07 bits per heavy atom. The van der Waals surface area contributed by atoms with E-state index in [0.717, 1.165) is 24.0 Å². The Morgan fingerprint density at radius 3 is 2.70 bits per heavy atom. The number of carbonyl (C=O) groups excluding carboxylic acids is 1. The highest BCUT2D eigenvalue weighted by atomic mass is 19.1. The summed E-state index contributed by atoms with van der Waals surface area (Å²) in [6.07, 6.45) is 1.49. The van der Waals surface area contributed by atoms with Crippen molar-refractivity contribution in [2.24, 2.45) is 0 Å². The fraction of sp³-hybridized carbons (Fsp3) is 0.190. The number of fused-ring (bicyclic) bond motifs is 1. The maximum Gasteiger partial charge on any atom is 0.267 e. The summed E-state index contributed by atoms with van der Waals surface area (Å²) < 4.78 is 14.7. The lowest BCUT2D eigenvalue weighted by Gasteiger charge is -2.29. The smallest absolute Gasteiger partial charge is 0.267 e. The molecule has 0 fully saturated rings. The van der Waals surface area contributed by atoms with E-state index in [-0.39, 0.29) is 23.8 Å². The van der Waals surface area contributed by atoms with Gasteiger partial charge in [0.05, 0.1) is 5.69 Å². The number of amides is 1. The zero-order valence-corrected chi connectivity index (χ0v) is 14.6. The van der Waals surface area contributed by atoms with Crippen molar-refractivity contribution in [3.8, 4) is 11.3 Å². The average Bonchev–Trinajstić information content (AvgIpc) is 2.69. The molecule has 4 rings (SSSR count). The van der Waals surface area contributed by atoms with E-state index in [2.05, 4.69) is 5.10 Å². The molecular weight excluding hydrogens is 345 g/mol. The van der Waals surface area contributed by atoms with E-state index >= 15 is 0 Å². The molecule has 5 nitrogen and oxygen atoms in total. The predicted octanol–water partition coefficient (Wildman–Crippen LogP) is 3.03. The van der Waals surface area contributed by atoms with Gasteiger partial charge in [-0.2, -0.15) is 5.10 Å². The molecule has 0 bridgehead atoms. The fourth-order valence-corrected chi connectivity index (χ4v) is 3.36. The highest BCUT2D eigenvalue weighted by Crippen LogP contribution is 2.28. The Kier molecular flexibility index (Phi) is 4.54. The second-order valence-electron chi connectivity index (χ2n) is 6.50. The lowest BCUT2D eigenvalue weighted by Crippen LogP contribution is -2.40. The second-order valence-corrected chi connectivity index (χ2v) is 6.50. The molecule has 0 unspecified atom stereocenters. The normalized spacial score (nSPS) is 13.3. The van der Waals surface area contributed by atoms with Gasteiger partial charge in [0.1, 0.15) is 12.4 Å². The molecule has 1 aromatic heterocycles. The Labute approximate surface area is 155 Å². The summed E-state index contributed by atoms with van der Waals surface area (Å²) in [7, 11) is 0. The molecule has 2 heterocycles. The zero-order chi connectivity index (χ0) is 18.8. The van der Waals surface area contributed by atoms with Crippen LogP contribution in [0.3, 0.4) is 0 Å². The summed E-state index contributed by atoms with van der Waals surface area (Å²) in [4.78, 5) is 26.7. The number of rotatable bonds is 3. The van der Waals surface area contributed by atoms with E-state index in [1.807, 2.05) is 30.3 Å². The zero-order valence-electron chi connectivity index (χ0n) is 14.6. The van der Waals surface area contributed by atoms with Crippen LogP contribution in [0, 0.1) is 5.82 Å². The summed E-state index contributed by atoms with van der Waals surface area (Å²) in [5, 5.41) is 4.34. The van der Waals surface area contributed by atoms with Crippen LogP contribution in [-0.4, -0.2) is 22.2 Å². The highest BCUT2D eigenvalue weighted by molar-refractivity contribution is 5.94. The minimum absolute atomic E-state index is 0.156. The molecule has 6 heteroatoms. The van der Waals surface area contributed by atoms with Crippen LogP contribution in [0.2, 0.25) is 0 Å². The van der Waals surface area contributed by atoms with E-state index in [0.29, 0.717) is 17.9 Å². The van der Waals surface area contributed by atoms with Gasteiger partial charge in [-0.15, -0.1) is 0 Å². The molecule has 3 aromatic rings. The molecule has 0 saturated carbocycles. The predicted molar refractivity (Wildman–Crippen MR) is 101 cm³/mol. The van der Waals surface area contributed by atoms with Gasteiger partial charge in [-0.3, -0.25) is 9.59 Å². The molecule has 0 spiro atoms. The van der Waals surface area contributed by atoms with Gasteiger partial charge in [-0.1, -0.05) is 30.3 Å². The van der Waals surface area contributed by atoms with Crippen molar-refractivity contribution in [1.29, 1.82) is 0 Å². The molecule has 1 amide bonds. The summed E-state index contributed by atoms with van der Waals surface area (Å²) in [6.45, 7) is 0.390. The molecule has 2 aromatic carbocycles. The lowest BCUT2D eigenvalue weighted by atomic mass is 10.0. The number of aryl methyl sites for hydroxylation is 1. The maximum absolute atomic E-state index is 13.5. The summed E-state index contributed by atoms with van der Waals surface area (Å²) in [5.41, 5.74) is 2.69. The van der Waals surface area contributed by atoms with Gasteiger partial charge in [-0.25, -0.2) is 9.07 Å². The van der Waals surface area contributed by atoms with Crippen LogP contribution < -0.4 is 10.5 Å². The summed E-state index contributed by atoms with van der Waals surface area (Å²) in [5.74, 6) is -0.543. The molecule has 0 N–H and O–H groups in total. The van der Waals surface area contributed by atoms with E-state index < -0.39 is 0 Å². The Hall–Kier alpha value is -3.28. The van der Waals surface area contributed by atoms with Gasteiger partial charge >= 0.3 is 0 Å². The molecule has 0 saturated heterocycles. The third kappa shape index (κ3) is 3.51. The number of anilines is 1. The van der Waals surface area contributed by atoms with Crippen molar-refractivity contribution >= 4 is 11.6 Å². The Morgan fingerprint density at radius 2 is 1.89 bits per heavy atom. The molecule has 27 heavy (non-hydrogen) atoms. The molecule has 0 radical (unpaired) electrons. The number of halogens is 1. The lowest BCUT2D eigenvalue weighted by molar-refractivity contribution is -0.119. The van der Waals surface area contributed by atoms with Crippen molar-refractivity contribution in [3.63, 3.8) is 0 Å². The first-order valence-electron chi connectivity index (χ1n) is 8.84. The first-order chi connectivity index (χ1) is 13.1. The van der Waals surface area contributed by atoms with E-state index in [1.54, 1.807) is 17.0 Å². The monoisotopic (exact) mass is 363 g/mol. The molecule has 136 valence electrons. The average molecular weight is 363 g/mol. The third-order valence-corrected chi connectivity index (χ3v) is 4.68. The Balaban J connectivity index is 1.62. The van der Waals surface area contributed by atoms with Crippen LogP contribution in [0.4, 0.5) is 10.1 Å². The largest absolute Gasteiger partial charge is 0.311 e. The number of hydrogen-bond acceptors (Lipinski definition) is 3. The van der Waals surface area contributed by atoms with Crippen LogP contribution in [0.25, 0.3) is 11.3 Å². The van der Waals surface area contributed by atoms with Crippen molar-refractivity contribution in [2.45, 2.75) is 19.4 Å². The van der Waals surface area contributed by atoms with E-state index in [1.165, 1.54) is 22.9 Å². The molecular formula is C21H18FN3O2. The number of benzene rings is 2. The summed E-state index contributed by atoms with van der Waals surface area (Å²) >= 11 is 0. The number of carbonyl (C=O) groups is 1. The standard InChI is InChI=1S/C21H18FN3O2/c22-17-8-10-19-16(13-17)7-4-12-24(19)21(27)14-25-20(26)11-9-18(23-25)15-5-2-1-3-6-15/h1-3,5-6,8-11,13H,4,7,12,14H2. The van der Waals surface area contributed by atoms with Crippen LogP contribution in [0.15, 0.2) is 65.5 Å². The number of nitrogens with zero attached hydrogens (tertiary/aromatic N) is 3. The second kappa shape index (κ2) is 7.15. The van der Waals surface area contributed by atoms with Gasteiger partial charge in [0.15, 0.2) is 0 Å². The summed E-state index contributed by atoms with van der Waals surface area (Å²) in [6, 6.07) is 17.0. The first-order valence-corrected chi connectivity index (χ1v) is 8.84. The minimum atomic E-state index is -0.334. The third-order valence-electron chi connectivity index (χ3n) is 4.68. The molecule has 0 atom stereocenters. The fourth-order valence-electron chi connectivity index (χ4n) is 3.36.